The van der Waals surface area contributed by atoms with Crippen molar-refractivity contribution in [2.24, 2.45) is 0 Å². The Bertz CT molecular complexity index is 594. The number of hydrogen-bond acceptors (Lipinski definition) is 0. The molecule has 0 radical (unpaired) electrons. The van der Waals surface area contributed by atoms with E-state index in [0.29, 0.717) is 0 Å². The Morgan fingerprint density at radius 3 is 2.30 bits per heavy atom. The van der Waals surface area contributed by atoms with Crippen molar-refractivity contribution in [3.8, 4) is 11.8 Å². The van der Waals surface area contributed by atoms with Crippen LogP contribution in [0.15, 0.2) is 48.5 Å². The van der Waals surface area contributed by atoms with Crippen molar-refractivity contribution in [2.45, 2.75) is 39.5 Å². The van der Waals surface area contributed by atoms with Crippen molar-refractivity contribution in [1.29, 1.82) is 0 Å². The molecule has 0 heterocycles. The Morgan fingerprint density at radius 2 is 1.60 bits per heavy atom. The van der Waals surface area contributed by atoms with Crippen molar-refractivity contribution in [3.63, 3.8) is 0 Å². The molecule has 0 saturated heterocycles. The van der Waals surface area contributed by atoms with Gasteiger partial charge in [0.2, 0.25) is 0 Å². The third-order valence-electron chi connectivity index (χ3n) is 3.39. The molecule has 0 aliphatic heterocycles. The van der Waals surface area contributed by atoms with Crippen molar-refractivity contribution < 1.29 is 0 Å². The molecule has 0 atom stereocenters. The Hall–Kier alpha value is -2.00. The van der Waals surface area contributed by atoms with E-state index in [4.69, 9.17) is 0 Å². The van der Waals surface area contributed by atoms with Crippen molar-refractivity contribution in [1.82, 2.24) is 0 Å². The first-order chi connectivity index (χ1) is 9.78. The van der Waals surface area contributed by atoms with Crippen LogP contribution in [0.1, 0.15) is 48.4 Å². The molecule has 0 saturated carbocycles. The summed E-state index contributed by atoms with van der Waals surface area (Å²) < 4.78 is 0. The van der Waals surface area contributed by atoms with Gasteiger partial charge in [0.15, 0.2) is 0 Å². The summed E-state index contributed by atoms with van der Waals surface area (Å²) in [4.78, 5) is 0. The number of unbranched alkanes of at least 4 members (excludes halogenated alkanes) is 2. The SMILES string of the molecule is CCCCCc1ccc(C#Cc2cccc(C)c2)cc1. The van der Waals surface area contributed by atoms with Gasteiger partial charge >= 0.3 is 0 Å². The van der Waals surface area contributed by atoms with Crippen LogP contribution in [0.5, 0.6) is 0 Å². The van der Waals surface area contributed by atoms with Crippen LogP contribution in [0.25, 0.3) is 0 Å². The van der Waals surface area contributed by atoms with E-state index in [0.717, 1.165) is 11.1 Å². The van der Waals surface area contributed by atoms with Gasteiger partial charge < -0.3 is 0 Å². The second kappa shape index (κ2) is 7.56. The van der Waals surface area contributed by atoms with Gasteiger partial charge in [-0.2, -0.15) is 0 Å². The third-order valence-corrected chi connectivity index (χ3v) is 3.39. The molecule has 20 heavy (non-hydrogen) atoms. The van der Waals surface area contributed by atoms with Gasteiger partial charge in [-0.05, 0) is 55.2 Å². The van der Waals surface area contributed by atoms with Crippen molar-refractivity contribution >= 4 is 0 Å². The molecule has 0 fully saturated rings. The van der Waals surface area contributed by atoms with E-state index in [9.17, 15) is 0 Å². The molecule has 0 aliphatic carbocycles. The zero-order chi connectivity index (χ0) is 14.2. The molecule has 2 aromatic rings. The second-order valence-electron chi connectivity index (χ2n) is 5.27. The van der Waals surface area contributed by atoms with Crippen LogP contribution in [0.2, 0.25) is 0 Å². The van der Waals surface area contributed by atoms with E-state index >= 15 is 0 Å². The lowest BCUT2D eigenvalue weighted by molar-refractivity contribution is 0.717. The number of hydrogen-bond donors (Lipinski definition) is 0. The van der Waals surface area contributed by atoms with Gasteiger partial charge in [-0.1, -0.05) is 55.9 Å². The third kappa shape index (κ3) is 4.59. The van der Waals surface area contributed by atoms with Crippen LogP contribution >= 0.6 is 0 Å². The van der Waals surface area contributed by atoms with E-state index in [1.54, 1.807) is 0 Å². The number of rotatable bonds is 4. The Labute approximate surface area is 122 Å². The molecule has 0 aromatic heterocycles. The predicted molar refractivity (Wildman–Crippen MR) is 86.8 cm³/mol. The molecule has 102 valence electrons. The van der Waals surface area contributed by atoms with Gasteiger partial charge in [0.25, 0.3) is 0 Å². The number of aryl methyl sites for hydroxylation is 2. The molecule has 0 spiro atoms. The summed E-state index contributed by atoms with van der Waals surface area (Å²) in [5.74, 6) is 6.46. The van der Waals surface area contributed by atoms with Gasteiger partial charge in [-0.15, -0.1) is 0 Å². The van der Waals surface area contributed by atoms with E-state index < -0.39 is 0 Å². The highest BCUT2D eigenvalue weighted by Gasteiger charge is 1.93. The van der Waals surface area contributed by atoms with E-state index in [1.165, 1.54) is 36.8 Å². The van der Waals surface area contributed by atoms with Crippen LogP contribution in [0.3, 0.4) is 0 Å². The highest BCUT2D eigenvalue weighted by molar-refractivity contribution is 5.44. The fourth-order valence-electron chi connectivity index (χ4n) is 2.20. The first-order valence-electron chi connectivity index (χ1n) is 7.45. The normalized spacial score (nSPS) is 9.90. The maximum atomic E-state index is 3.23. The van der Waals surface area contributed by atoms with E-state index in [1.807, 2.05) is 0 Å². The Kier molecular flexibility index (Phi) is 5.44. The molecule has 0 unspecified atom stereocenters. The highest BCUT2D eigenvalue weighted by Crippen LogP contribution is 2.09. The first-order valence-corrected chi connectivity index (χ1v) is 7.45. The fourth-order valence-corrected chi connectivity index (χ4v) is 2.20. The molecule has 0 nitrogen and oxygen atoms in total. The molecule has 0 N–H and O–H groups in total. The lowest BCUT2D eigenvalue weighted by Crippen LogP contribution is -1.85. The Balaban J connectivity index is 2.00. The standard InChI is InChI=1S/C20H22/c1-3-4-5-8-18-10-12-19(13-11-18)14-15-20-9-6-7-17(2)16-20/h6-7,9-13,16H,3-5,8H2,1-2H3. The fraction of sp³-hybridized carbons (Fsp3) is 0.300. The highest BCUT2D eigenvalue weighted by atomic mass is 14.0. The van der Waals surface area contributed by atoms with Crippen LogP contribution in [-0.2, 0) is 6.42 Å². The minimum Gasteiger partial charge on any atom is -0.0654 e. The van der Waals surface area contributed by atoms with Crippen LogP contribution < -0.4 is 0 Å². The summed E-state index contributed by atoms with van der Waals surface area (Å²) in [5.41, 5.74) is 4.84. The Morgan fingerprint density at radius 1 is 0.850 bits per heavy atom. The molecule has 2 aromatic carbocycles. The largest absolute Gasteiger partial charge is 0.0654 e. The second-order valence-corrected chi connectivity index (χ2v) is 5.27. The topological polar surface area (TPSA) is 0 Å². The smallest absolute Gasteiger partial charge is 0.0251 e. The summed E-state index contributed by atoms with van der Waals surface area (Å²) in [5, 5.41) is 0. The van der Waals surface area contributed by atoms with Crippen molar-refractivity contribution in [3.05, 3.63) is 70.8 Å². The summed E-state index contributed by atoms with van der Waals surface area (Å²) >= 11 is 0. The maximum Gasteiger partial charge on any atom is 0.0251 e. The van der Waals surface area contributed by atoms with E-state index in [2.05, 4.69) is 74.2 Å². The van der Waals surface area contributed by atoms with Gasteiger partial charge in [0.1, 0.15) is 0 Å². The van der Waals surface area contributed by atoms with Crippen LogP contribution in [-0.4, -0.2) is 0 Å². The molecule has 2 rings (SSSR count). The zero-order valence-electron chi connectivity index (χ0n) is 12.4. The minimum absolute atomic E-state index is 1.08. The lowest BCUT2D eigenvalue weighted by Gasteiger charge is -2.00. The average molecular weight is 262 g/mol. The van der Waals surface area contributed by atoms with Gasteiger partial charge in [-0.3, -0.25) is 0 Å². The van der Waals surface area contributed by atoms with Gasteiger partial charge in [-0.25, -0.2) is 0 Å². The summed E-state index contributed by atoms with van der Waals surface area (Å²) in [7, 11) is 0. The quantitative estimate of drug-likeness (QED) is 0.529. The monoisotopic (exact) mass is 262 g/mol. The molecule has 0 heteroatoms. The van der Waals surface area contributed by atoms with Crippen LogP contribution in [0.4, 0.5) is 0 Å². The summed E-state index contributed by atoms with van der Waals surface area (Å²) in [6.45, 7) is 4.33. The molecule has 0 amide bonds. The van der Waals surface area contributed by atoms with Gasteiger partial charge in [0.05, 0.1) is 0 Å². The zero-order valence-corrected chi connectivity index (χ0v) is 12.4. The van der Waals surface area contributed by atoms with Crippen molar-refractivity contribution in [2.75, 3.05) is 0 Å². The van der Waals surface area contributed by atoms with Crippen LogP contribution in [0, 0.1) is 18.8 Å². The summed E-state index contributed by atoms with van der Waals surface area (Å²) in [6.07, 6.45) is 5.05. The predicted octanol–water partition coefficient (Wildman–Crippen LogP) is 5.13. The minimum atomic E-state index is 1.08. The maximum absolute atomic E-state index is 3.23. The first kappa shape index (κ1) is 14.4. The molecular weight excluding hydrogens is 240 g/mol. The number of benzene rings is 2. The molecule has 0 aliphatic rings. The van der Waals surface area contributed by atoms with Gasteiger partial charge in [0, 0.05) is 11.1 Å². The summed E-state index contributed by atoms with van der Waals surface area (Å²) in [6, 6.07) is 17.0. The molecule has 0 bridgehead atoms. The lowest BCUT2D eigenvalue weighted by atomic mass is 10.1. The average Bonchev–Trinajstić information content (AvgIpc) is 2.47. The van der Waals surface area contributed by atoms with E-state index in [-0.39, 0.29) is 0 Å². The molecular formula is C20H22.